The lowest BCUT2D eigenvalue weighted by Crippen LogP contribution is -2.22. The molecule has 0 aliphatic carbocycles. The van der Waals surface area contributed by atoms with Crippen molar-refractivity contribution in [3.05, 3.63) is 47.5 Å². The van der Waals surface area contributed by atoms with Gasteiger partial charge in [0.2, 0.25) is 0 Å². The predicted molar refractivity (Wildman–Crippen MR) is 87.9 cm³/mol. The van der Waals surface area contributed by atoms with Gasteiger partial charge in [0.1, 0.15) is 5.82 Å². The number of aromatic nitrogens is 4. The van der Waals surface area contributed by atoms with Crippen molar-refractivity contribution in [3.63, 3.8) is 0 Å². The minimum atomic E-state index is -0.309. The summed E-state index contributed by atoms with van der Waals surface area (Å²) in [7, 11) is 0. The number of aliphatic hydroxyl groups excluding tert-OH is 1. The summed E-state index contributed by atoms with van der Waals surface area (Å²) in [5, 5.41) is 17.6. The average Bonchev–Trinajstić information content (AvgIpc) is 3.19. The molecule has 1 saturated heterocycles. The van der Waals surface area contributed by atoms with Crippen molar-refractivity contribution >= 4 is 11.0 Å². The summed E-state index contributed by atoms with van der Waals surface area (Å²) < 4.78 is 0. The molecule has 1 aromatic carbocycles. The van der Waals surface area contributed by atoms with Gasteiger partial charge in [-0.25, -0.2) is 4.98 Å². The largest absolute Gasteiger partial charge is 0.391 e. The molecule has 120 valence electrons. The zero-order valence-electron chi connectivity index (χ0n) is 13.2. The van der Waals surface area contributed by atoms with Crippen molar-refractivity contribution in [2.45, 2.75) is 26.0 Å². The van der Waals surface area contributed by atoms with E-state index in [2.05, 4.69) is 31.1 Å². The molecule has 1 fully saturated rings. The number of benzene rings is 1. The van der Waals surface area contributed by atoms with E-state index in [1.807, 2.05) is 31.2 Å². The number of H-pyrrole nitrogens is 2. The predicted octanol–water partition coefficient (Wildman–Crippen LogP) is 1.63. The molecule has 1 aliphatic rings. The minimum absolute atomic E-state index is 0.224. The first-order valence-corrected chi connectivity index (χ1v) is 8.02. The van der Waals surface area contributed by atoms with Gasteiger partial charge in [0, 0.05) is 24.7 Å². The molecule has 0 bridgehead atoms. The summed E-state index contributed by atoms with van der Waals surface area (Å²) in [6, 6.07) is 10.1. The van der Waals surface area contributed by atoms with Crippen LogP contribution in [0.25, 0.3) is 11.0 Å². The van der Waals surface area contributed by atoms with Crippen LogP contribution in [-0.2, 0) is 13.0 Å². The summed E-state index contributed by atoms with van der Waals surface area (Å²) in [6.07, 6.45) is 0.499. The third kappa shape index (κ3) is 3.00. The number of β-amino-alcohol motifs (C(OH)–C–C–N with tert-alkyl or cyclic N) is 1. The Hall–Kier alpha value is -2.18. The third-order valence-corrected chi connectivity index (χ3v) is 4.52. The van der Waals surface area contributed by atoms with Gasteiger partial charge in [-0.3, -0.25) is 10.00 Å². The number of rotatable bonds is 4. The molecule has 3 N–H and O–H groups in total. The highest BCUT2D eigenvalue weighted by Gasteiger charge is 2.32. The van der Waals surface area contributed by atoms with Gasteiger partial charge >= 0.3 is 0 Å². The quantitative estimate of drug-likeness (QED) is 0.684. The fourth-order valence-electron chi connectivity index (χ4n) is 3.41. The van der Waals surface area contributed by atoms with E-state index in [9.17, 15) is 5.11 Å². The summed E-state index contributed by atoms with van der Waals surface area (Å²) in [5.41, 5.74) is 4.14. The molecule has 3 heterocycles. The molecule has 0 unspecified atom stereocenters. The van der Waals surface area contributed by atoms with Gasteiger partial charge in [-0.05, 0) is 31.5 Å². The lowest BCUT2D eigenvalue weighted by atomic mass is 10.0. The fourth-order valence-corrected chi connectivity index (χ4v) is 3.41. The first-order chi connectivity index (χ1) is 11.2. The maximum Gasteiger partial charge on any atom is 0.121 e. The van der Waals surface area contributed by atoms with Crippen LogP contribution in [0.2, 0.25) is 0 Å². The standard InChI is InChI=1S/C17H21N5O/c1-11-6-13(21-20-11)7-12-8-22(9-16(12)23)10-17-18-14-4-2-3-5-15(14)19-17/h2-6,12,16,23H,7-10H2,1H3,(H,18,19)(H,20,21)/t12-,16+/m1/s1. The van der Waals surface area contributed by atoms with Crippen LogP contribution in [0.4, 0.5) is 0 Å². The van der Waals surface area contributed by atoms with Crippen LogP contribution in [0.5, 0.6) is 0 Å². The van der Waals surface area contributed by atoms with Gasteiger partial charge in [0.25, 0.3) is 0 Å². The highest BCUT2D eigenvalue weighted by molar-refractivity contribution is 5.74. The molecule has 6 nitrogen and oxygen atoms in total. The van der Waals surface area contributed by atoms with E-state index in [4.69, 9.17) is 0 Å². The molecular weight excluding hydrogens is 290 g/mol. The molecule has 0 spiro atoms. The highest BCUT2D eigenvalue weighted by Crippen LogP contribution is 2.23. The maximum atomic E-state index is 10.3. The second-order valence-electron chi connectivity index (χ2n) is 6.47. The molecule has 2 aromatic heterocycles. The monoisotopic (exact) mass is 311 g/mol. The molecule has 1 aliphatic heterocycles. The Labute approximate surface area is 134 Å². The number of aliphatic hydroxyl groups is 1. The molecule has 0 radical (unpaired) electrons. The average molecular weight is 311 g/mol. The van der Waals surface area contributed by atoms with Gasteiger partial charge in [-0.2, -0.15) is 5.10 Å². The number of nitrogens with one attached hydrogen (secondary N) is 2. The van der Waals surface area contributed by atoms with Gasteiger partial charge in [-0.15, -0.1) is 0 Å². The lowest BCUT2D eigenvalue weighted by Gasteiger charge is -2.13. The number of hydrogen-bond donors (Lipinski definition) is 3. The van der Waals surface area contributed by atoms with E-state index in [0.29, 0.717) is 6.54 Å². The van der Waals surface area contributed by atoms with E-state index in [1.165, 1.54) is 0 Å². The van der Waals surface area contributed by atoms with Crippen LogP contribution in [0, 0.1) is 12.8 Å². The zero-order valence-corrected chi connectivity index (χ0v) is 13.2. The number of imidazole rings is 1. The number of likely N-dealkylation sites (tertiary alicyclic amines) is 1. The zero-order chi connectivity index (χ0) is 15.8. The number of aryl methyl sites for hydroxylation is 1. The first kappa shape index (κ1) is 14.4. The molecule has 23 heavy (non-hydrogen) atoms. The normalized spacial score (nSPS) is 22.2. The summed E-state index contributed by atoms with van der Waals surface area (Å²) in [4.78, 5) is 10.2. The Morgan fingerprint density at radius 1 is 1.30 bits per heavy atom. The van der Waals surface area contributed by atoms with Crippen LogP contribution in [0.3, 0.4) is 0 Å². The van der Waals surface area contributed by atoms with Gasteiger partial charge in [-0.1, -0.05) is 12.1 Å². The molecule has 4 rings (SSSR count). The number of fused-ring (bicyclic) bond motifs is 1. The Morgan fingerprint density at radius 2 is 2.17 bits per heavy atom. The van der Waals surface area contributed by atoms with E-state index in [0.717, 1.165) is 47.8 Å². The highest BCUT2D eigenvalue weighted by atomic mass is 16.3. The SMILES string of the molecule is Cc1cc(C[C@@H]2CN(Cc3nc4ccccc4[nH]3)C[C@@H]2O)n[nH]1. The second-order valence-corrected chi connectivity index (χ2v) is 6.47. The summed E-state index contributed by atoms with van der Waals surface area (Å²) in [6.45, 7) is 4.28. The van der Waals surface area contributed by atoms with Gasteiger partial charge in [0.15, 0.2) is 0 Å². The van der Waals surface area contributed by atoms with E-state index in [1.54, 1.807) is 0 Å². The van der Waals surface area contributed by atoms with Crippen LogP contribution in [-0.4, -0.2) is 49.4 Å². The van der Waals surface area contributed by atoms with Crippen LogP contribution < -0.4 is 0 Å². The summed E-state index contributed by atoms with van der Waals surface area (Å²) in [5.74, 6) is 1.18. The molecule has 2 atom stereocenters. The van der Waals surface area contributed by atoms with Crippen molar-refractivity contribution in [1.29, 1.82) is 0 Å². The molecule has 0 amide bonds. The van der Waals surface area contributed by atoms with Gasteiger partial charge in [0.05, 0.1) is 29.4 Å². The Kier molecular flexibility index (Phi) is 3.63. The van der Waals surface area contributed by atoms with E-state index in [-0.39, 0.29) is 12.0 Å². The number of para-hydroxylation sites is 2. The topological polar surface area (TPSA) is 80.8 Å². The van der Waals surface area contributed by atoms with E-state index >= 15 is 0 Å². The minimum Gasteiger partial charge on any atom is -0.391 e. The van der Waals surface area contributed by atoms with Gasteiger partial charge < -0.3 is 10.1 Å². The second kappa shape index (κ2) is 5.79. The molecule has 0 saturated carbocycles. The van der Waals surface area contributed by atoms with Crippen molar-refractivity contribution < 1.29 is 5.11 Å². The fraction of sp³-hybridized carbons (Fsp3) is 0.412. The Bertz CT molecular complexity index is 775. The smallest absolute Gasteiger partial charge is 0.121 e. The molecule has 6 heteroatoms. The number of hydrogen-bond acceptors (Lipinski definition) is 4. The van der Waals surface area contributed by atoms with Crippen LogP contribution >= 0.6 is 0 Å². The van der Waals surface area contributed by atoms with Crippen molar-refractivity contribution in [1.82, 2.24) is 25.1 Å². The number of aromatic amines is 2. The molecular formula is C17H21N5O. The summed E-state index contributed by atoms with van der Waals surface area (Å²) >= 11 is 0. The third-order valence-electron chi connectivity index (χ3n) is 4.52. The van der Waals surface area contributed by atoms with Crippen molar-refractivity contribution in [2.75, 3.05) is 13.1 Å². The van der Waals surface area contributed by atoms with E-state index < -0.39 is 0 Å². The Morgan fingerprint density at radius 3 is 2.96 bits per heavy atom. The van der Waals surface area contributed by atoms with Crippen molar-refractivity contribution in [2.24, 2.45) is 5.92 Å². The van der Waals surface area contributed by atoms with Crippen LogP contribution in [0.1, 0.15) is 17.2 Å². The number of nitrogens with zero attached hydrogens (tertiary/aromatic N) is 3. The lowest BCUT2D eigenvalue weighted by molar-refractivity contribution is 0.140. The molecule has 3 aromatic rings. The Balaban J connectivity index is 1.42. The van der Waals surface area contributed by atoms with Crippen LogP contribution in [0.15, 0.2) is 30.3 Å². The maximum absolute atomic E-state index is 10.3. The first-order valence-electron chi connectivity index (χ1n) is 8.02. The van der Waals surface area contributed by atoms with Crippen molar-refractivity contribution in [3.8, 4) is 0 Å².